The lowest BCUT2D eigenvalue weighted by Gasteiger charge is -2.17. The number of halogens is 2. The summed E-state index contributed by atoms with van der Waals surface area (Å²) in [5.41, 5.74) is 1.59. The molecule has 6 nitrogen and oxygen atoms in total. The molecule has 0 aliphatic heterocycles. The molecule has 9 heteroatoms. The Balaban J connectivity index is 2.07. The van der Waals surface area contributed by atoms with Gasteiger partial charge in [-0.3, -0.25) is 4.79 Å². The second kappa shape index (κ2) is 10.7. The maximum Gasteiger partial charge on any atom is 0.493 e. The van der Waals surface area contributed by atoms with Gasteiger partial charge in [-0.15, -0.1) is 0 Å². The predicted octanol–water partition coefficient (Wildman–Crippen LogP) is 1.40. The molecule has 1 atom stereocenters. The summed E-state index contributed by atoms with van der Waals surface area (Å²) in [4.78, 5) is 24.4. The van der Waals surface area contributed by atoms with Gasteiger partial charge in [0.25, 0.3) is 0 Å². The van der Waals surface area contributed by atoms with Crippen LogP contribution in [0.5, 0.6) is 0 Å². The molecule has 29 heavy (non-hydrogen) atoms. The van der Waals surface area contributed by atoms with E-state index in [4.69, 9.17) is 14.0 Å². The van der Waals surface area contributed by atoms with E-state index < -0.39 is 36.7 Å². The Labute approximate surface area is 168 Å². The zero-order valence-electron chi connectivity index (χ0n) is 16.4. The van der Waals surface area contributed by atoms with Gasteiger partial charge in [-0.05, 0) is 22.7 Å². The van der Waals surface area contributed by atoms with Gasteiger partial charge < -0.3 is 19.4 Å². The lowest BCUT2D eigenvalue weighted by molar-refractivity contribution is -0.145. The van der Waals surface area contributed by atoms with E-state index in [-0.39, 0.29) is 18.4 Å². The minimum Gasteiger partial charge on any atom is -0.467 e. The van der Waals surface area contributed by atoms with Crippen LogP contribution >= 0.6 is 0 Å². The highest BCUT2D eigenvalue weighted by molar-refractivity contribution is 6.61. The van der Waals surface area contributed by atoms with Gasteiger partial charge in [0.15, 0.2) is 0 Å². The number of amides is 1. The fourth-order valence-electron chi connectivity index (χ4n) is 2.83. The first-order valence-corrected chi connectivity index (χ1v) is 8.83. The van der Waals surface area contributed by atoms with Crippen molar-refractivity contribution in [3.05, 3.63) is 65.2 Å². The van der Waals surface area contributed by atoms with Crippen molar-refractivity contribution in [3.8, 4) is 0 Å². The smallest absolute Gasteiger partial charge is 0.467 e. The average molecular weight is 405 g/mol. The highest BCUT2D eigenvalue weighted by Crippen LogP contribution is 2.11. The maximum absolute atomic E-state index is 13.7. The molecule has 154 valence electrons. The van der Waals surface area contributed by atoms with Crippen molar-refractivity contribution in [2.45, 2.75) is 18.9 Å². The Bertz CT molecular complexity index is 843. The lowest BCUT2D eigenvalue weighted by atomic mass is 9.78. The Morgan fingerprint density at radius 2 is 1.69 bits per heavy atom. The maximum atomic E-state index is 13.7. The Kier molecular flexibility index (Phi) is 8.29. The quantitative estimate of drug-likeness (QED) is 0.505. The van der Waals surface area contributed by atoms with Crippen LogP contribution in [-0.2, 0) is 36.5 Å². The first-order chi connectivity index (χ1) is 13.9. The zero-order valence-corrected chi connectivity index (χ0v) is 16.4. The second-order valence-electron chi connectivity index (χ2n) is 6.30. The molecule has 2 rings (SSSR count). The number of ether oxygens (including phenoxy) is 1. The number of nitrogens with one attached hydrogen (secondary N) is 1. The first-order valence-electron chi connectivity index (χ1n) is 8.83. The van der Waals surface area contributed by atoms with Crippen LogP contribution in [0.25, 0.3) is 0 Å². The summed E-state index contributed by atoms with van der Waals surface area (Å²) in [6, 6.07) is 9.15. The molecule has 1 N–H and O–H groups in total. The van der Waals surface area contributed by atoms with Crippen molar-refractivity contribution in [1.82, 2.24) is 5.32 Å². The van der Waals surface area contributed by atoms with E-state index in [2.05, 4.69) is 5.32 Å². The Hall–Kier alpha value is -2.78. The minimum absolute atomic E-state index is 0.0297. The minimum atomic E-state index is -0.956. The van der Waals surface area contributed by atoms with Crippen LogP contribution < -0.4 is 10.8 Å². The summed E-state index contributed by atoms with van der Waals surface area (Å²) in [7, 11) is 3.75. The highest BCUT2D eigenvalue weighted by atomic mass is 19.1. The SMILES string of the molecule is COB(OC)c1ccc(C[C@H](NC(=O)Cc2ccc(F)cc2F)C(=O)OC)cc1. The second-order valence-corrected chi connectivity index (χ2v) is 6.30. The fraction of sp³-hybridized carbons (Fsp3) is 0.300. The molecule has 0 aliphatic carbocycles. The third-order valence-electron chi connectivity index (χ3n) is 4.31. The summed E-state index contributed by atoms with van der Waals surface area (Å²) in [6.45, 7) is 0. The monoisotopic (exact) mass is 405 g/mol. The molecule has 1 amide bonds. The Morgan fingerprint density at radius 3 is 2.24 bits per heavy atom. The van der Waals surface area contributed by atoms with Crippen LogP contribution in [0.2, 0.25) is 0 Å². The standard InChI is InChI=1S/C20H22BF2NO5/c1-27-20(26)18(10-13-4-7-15(8-5-13)21(28-2)29-3)24-19(25)11-14-6-9-16(22)12-17(14)23/h4-9,12,18H,10-11H2,1-3H3,(H,24,25)/t18-/m0/s1. The van der Waals surface area contributed by atoms with Gasteiger partial charge in [-0.1, -0.05) is 30.3 Å². The first kappa shape index (κ1) is 22.5. The third kappa shape index (κ3) is 6.37. The molecular weight excluding hydrogens is 383 g/mol. The number of hydrogen-bond acceptors (Lipinski definition) is 5. The van der Waals surface area contributed by atoms with Gasteiger partial charge >= 0.3 is 13.1 Å². The van der Waals surface area contributed by atoms with Gasteiger partial charge in [0.05, 0.1) is 13.5 Å². The molecule has 0 aromatic heterocycles. The average Bonchev–Trinajstić information content (AvgIpc) is 2.71. The van der Waals surface area contributed by atoms with Crippen LogP contribution in [0.3, 0.4) is 0 Å². The van der Waals surface area contributed by atoms with Crippen molar-refractivity contribution < 1.29 is 32.4 Å². The van der Waals surface area contributed by atoms with E-state index in [1.165, 1.54) is 27.4 Å². The number of hydrogen-bond donors (Lipinski definition) is 1. The van der Waals surface area contributed by atoms with Crippen LogP contribution in [0.4, 0.5) is 8.78 Å². The van der Waals surface area contributed by atoms with Crippen molar-refractivity contribution in [3.63, 3.8) is 0 Å². The van der Waals surface area contributed by atoms with Crippen molar-refractivity contribution in [2.24, 2.45) is 0 Å². The summed E-state index contributed by atoms with van der Waals surface area (Å²) >= 11 is 0. The molecule has 0 saturated heterocycles. The van der Waals surface area contributed by atoms with Gasteiger partial charge in [0, 0.05) is 26.7 Å². The van der Waals surface area contributed by atoms with Gasteiger partial charge in [0.2, 0.25) is 5.91 Å². The summed E-state index contributed by atoms with van der Waals surface area (Å²) < 4.78 is 41.9. The zero-order chi connectivity index (χ0) is 21.4. The number of carbonyl (C=O) groups is 2. The topological polar surface area (TPSA) is 73.9 Å². The predicted molar refractivity (Wildman–Crippen MR) is 104 cm³/mol. The van der Waals surface area contributed by atoms with Crippen LogP contribution in [0.15, 0.2) is 42.5 Å². The van der Waals surface area contributed by atoms with Crippen LogP contribution in [0.1, 0.15) is 11.1 Å². The third-order valence-corrected chi connectivity index (χ3v) is 4.31. The molecule has 0 heterocycles. The van der Waals surface area contributed by atoms with Gasteiger partial charge in [-0.2, -0.15) is 0 Å². The molecule has 0 radical (unpaired) electrons. The largest absolute Gasteiger partial charge is 0.493 e. The van der Waals surface area contributed by atoms with E-state index in [9.17, 15) is 18.4 Å². The molecule has 0 spiro atoms. The Morgan fingerprint density at radius 1 is 1.03 bits per heavy atom. The van der Waals surface area contributed by atoms with E-state index in [0.29, 0.717) is 6.07 Å². The van der Waals surface area contributed by atoms with E-state index in [1.807, 2.05) is 0 Å². The van der Waals surface area contributed by atoms with E-state index in [1.54, 1.807) is 24.3 Å². The molecule has 2 aromatic rings. The number of esters is 1. The van der Waals surface area contributed by atoms with Crippen molar-refractivity contribution >= 4 is 24.5 Å². The number of rotatable bonds is 9. The fourth-order valence-corrected chi connectivity index (χ4v) is 2.83. The number of carbonyl (C=O) groups excluding carboxylic acids is 2. The van der Waals surface area contributed by atoms with Crippen molar-refractivity contribution in [1.29, 1.82) is 0 Å². The van der Waals surface area contributed by atoms with E-state index >= 15 is 0 Å². The number of methoxy groups -OCH3 is 1. The van der Waals surface area contributed by atoms with E-state index in [0.717, 1.165) is 17.1 Å². The molecule has 2 aromatic carbocycles. The van der Waals surface area contributed by atoms with Crippen LogP contribution in [0, 0.1) is 11.6 Å². The molecule has 0 bridgehead atoms. The normalized spacial score (nSPS) is 11.6. The summed E-state index contributed by atoms with van der Waals surface area (Å²) in [5.74, 6) is -2.77. The molecular formula is C20H22BF2NO5. The van der Waals surface area contributed by atoms with Crippen LogP contribution in [-0.4, -0.2) is 46.4 Å². The van der Waals surface area contributed by atoms with Gasteiger partial charge in [0.1, 0.15) is 17.7 Å². The summed E-state index contributed by atoms with van der Waals surface area (Å²) in [5, 5.41) is 2.54. The molecule has 0 unspecified atom stereocenters. The summed E-state index contributed by atoms with van der Waals surface area (Å²) in [6.07, 6.45) is -0.156. The molecule has 0 aliphatic rings. The van der Waals surface area contributed by atoms with Gasteiger partial charge in [-0.25, -0.2) is 13.6 Å². The number of benzene rings is 2. The molecule has 0 saturated carbocycles. The molecule has 0 fully saturated rings. The van der Waals surface area contributed by atoms with Crippen molar-refractivity contribution in [2.75, 3.05) is 21.3 Å². The lowest BCUT2D eigenvalue weighted by Crippen LogP contribution is -2.43. The highest BCUT2D eigenvalue weighted by Gasteiger charge is 2.23.